The minimum Gasteiger partial charge on any atom is -0.489 e. The molecule has 5 heteroatoms. The van der Waals surface area contributed by atoms with Gasteiger partial charge in [-0.1, -0.05) is 47.1 Å². The largest absolute Gasteiger partial charge is 0.489 e. The van der Waals surface area contributed by atoms with Crippen molar-refractivity contribution in [1.29, 1.82) is 0 Å². The van der Waals surface area contributed by atoms with Crippen molar-refractivity contribution in [3.63, 3.8) is 0 Å². The number of oxime groups is 1. The highest BCUT2D eigenvalue weighted by Gasteiger charge is 2.17. The van der Waals surface area contributed by atoms with Crippen molar-refractivity contribution in [2.45, 2.75) is 20.5 Å². The lowest BCUT2D eigenvalue weighted by atomic mass is 10.0. The first kappa shape index (κ1) is 16.5. The third-order valence-corrected chi connectivity index (χ3v) is 3.37. The van der Waals surface area contributed by atoms with E-state index in [9.17, 15) is 9.90 Å². The number of rotatable bonds is 6. The fraction of sp³-hybridized carbons (Fsp3) is 0.222. The van der Waals surface area contributed by atoms with Gasteiger partial charge in [0.05, 0.1) is 0 Å². The van der Waals surface area contributed by atoms with E-state index < -0.39 is 5.97 Å². The third kappa shape index (κ3) is 4.10. The molecule has 1 N–H and O–H groups in total. The average Bonchev–Trinajstić information content (AvgIpc) is 2.52. The number of aryl methyl sites for hydroxylation is 2. The van der Waals surface area contributed by atoms with Crippen LogP contribution in [0.2, 0.25) is 0 Å². The smallest absolute Gasteiger partial charge is 0.358 e. The summed E-state index contributed by atoms with van der Waals surface area (Å²) in [5, 5.41) is 12.9. The second kappa shape index (κ2) is 7.45. The van der Waals surface area contributed by atoms with Crippen molar-refractivity contribution in [3.8, 4) is 5.75 Å². The Kier molecular flexibility index (Phi) is 5.36. The molecule has 0 amide bonds. The lowest BCUT2D eigenvalue weighted by molar-refractivity contribution is -0.129. The summed E-state index contributed by atoms with van der Waals surface area (Å²) in [5.74, 6) is -0.378. The summed E-state index contributed by atoms with van der Waals surface area (Å²) in [6.45, 7) is 4.24. The number of carboxylic acid groups (broad SMARTS) is 1. The first-order valence-electron chi connectivity index (χ1n) is 7.15. The zero-order chi connectivity index (χ0) is 16.8. The molecule has 0 aliphatic carbocycles. The van der Waals surface area contributed by atoms with Crippen LogP contribution in [0.3, 0.4) is 0 Å². The molecule has 0 saturated heterocycles. The van der Waals surface area contributed by atoms with Gasteiger partial charge in [-0.15, -0.1) is 0 Å². The molecule has 0 atom stereocenters. The Bertz CT molecular complexity index is 738. The fourth-order valence-electron chi connectivity index (χ4n) is 2.29. The molecule has 2 rings (SSSR count). The number of benzene rings is 2. The summed E-state index contributed by atoms with van der Waals surface area (Å²) in [7, 11) is 1.32. The van der Waals surface area contributed by atoms with E-state index in [-0.39, 0.29) is 12.3 Å². The van der Waals surface area contributed by atoms with Crippen LogP contribution in [0.25, 0.3) is 0 Å². The molecule has 0 aromatic heterocycles. The molecule has 0 bridgehead atoms. The maximum absolute atomic E-state index is 11.4. The van der Waals surface area contributed by atoms with Gasteiger partial charge < -0.3 is 14.7 Å². The van der Waals surface area contributed by atoms with Gasteiger partial charge >= 0.3 is 5.97 Å². The summed E-state index contributed by atoms with van der Waals surface area (Å²) in [5.41, 5.74) is 3.26. The number of carbonyl (C=O) groups is 1. The maximum atomic E-state index is 11.4. The highest BCUT2D eigenvalue weighted by molar-refractivity contribution is 6.42. The van der Waals surface area contributed by atoms with Crippen molar-refractivity contribution in [2.24, 2.45) is 5.16 Å². The standard InChI is InChI=1S/C18H19NO4/c1-12-8-9-16(13(2)10-12)23-11-14-6-4-5-7-15(14)17(18(20)21)19-22-3/h4-10H,11H2,1-3H3,(H,20,21)/b19-17+. The van der Waals surface area contributed by atoms with Crippen LogP contribution in [-0.2, 0) is 16.2 Å². The van der Waals surface area contributed by atoms with E-state index >= 15 is 0 Å². The van der Waals surface area contributed by atoms with Gasteiger partial charge in [-0.25, -0.2) is 4.79 Å². The van der Waals surface area contributed by atoms with Gasteiger partial charge in [-0.05, 0) is 31.0 Å². The Balaban J connectivity index is 2.27. The molecule has 0 fully saturated rings. The van der Waals surface area contributed by atoms with Crippen LogP contribution < -0.4 is 4.74 Å². The van der Waals surface area contributed by atoms with Crippen LogP contribution in [0.1, 0.15) is 22.3 Å². The molecule has 2 aromatic carbocycles. The summed E-state index contributed by atoms with van der Waals surface area (Å²) in [6.07, 6.45) is 0. The second-order valence-corrected chi connectivity index (χ2v) is 5.14. The Morgan fingerprint density at radius 2 is 1.91 bits per heavy atom. The van der Waals surface area contributed by atoms with Crippen molar-refractivity contribution in [1.82, 2.24) is 0 Å². The summed E-state index contributed by atoms with van der Waals surface area (Å²) in [6, 6.07) is 13.0. The van der Waals surface area contributed by atoms with E-state index in [2.05, 4.69) is 9.99 Å². The van der Waals surface area contributed by atoms with Gasteiger partial charge in [-0.2, -0.15) is 0 Å². The monoisotopic (exact) mass is 313 g/mol. The van der Waals surface area contributed by atoms with Gasteiger partial charge in [0, 0.05) is 5.56 Å². The summed E-state index contributed by atoms with van der Waals surface area (Å²) >= 11 is 0. The Morgan fingerprint density at radius 1 is 1.17 bits per heavy atom. The van der Waals surface area contributed by atoms with E-state index in [1.165, 1.54) is 7.11 Å². The molecule has 23 heavy (non-hydrogen) atoms. The topological polar surface area (TPSA) is 68.1 Å². The molecule has 5 nitrogen and oxygen atoms in total. The normalized spacial score (nSPS) is 11.2. The van der Waals surface area contributed by atoms with E-state index in [0.29, 0.717) is 5.56 Å². The van der Waals surface area contributed by atoms with Crippen LogP contribution in [-0.4, -0.2) is 23.9 Å². The Hall–Kier alpha value is -2.82. The highest BCUT2D eigenvalue weighted by Crippen LogP contribution is 2.21. The van der Waals surface area contributed by atoms with Crippen molar-refractivity contribution < 1.29 is 19.5 Å². The van der Waals surface area contributed by atoms with Crippen LogP contribution in [0.4, 0.5) is 0 Å². The minimum absolute atomic E-state index is 0.146. The van der Waals surface area contributed by atoms with Gasteiger partial charge in [0.1, 0.15) is 19.5 Å². The number of hydrogen-bond acceptors (Lipinski definition) is 4. The van der Waals surface area contributed by atoms with Crippen molar-refractivity contribution >= 4 is 11.7 Å². The highest BCUT2D eigenvalue weighted by atomic mass is 16.6. The van der Waals surface area contributed by atoms with E-state index in [1.54, 1.807) is 12.1 Å². The first-order valence-corrected chi connectivity index (χ1v) is 7.15. The first-order chi connectivity index (χ1) is 11.0. The SMILES string of the molecule is CO/N=C(/C(=O)O)c1ccccc1COc1ccc(C)cc1C. The molecule has 120 valence electrons. The zero-order valence-electron chi connectivity index (χ0n) is 13.4. The molecule has 0 unspecified atom stereocenters. The predicted molar refractivity (Wildman–Crippen MR) is 87.9 cm³/mol. The van der Waals surface area contributed by atoms with E-state index in [0.717, 1.165) is 22.4 Å². The Labute approximate surface area is 135 Å². The van der Waals surface area contributed by atoms with Crippen LogP contribution in [0.5, 0.6) is 5.75 Å². The molecule has 0 spiro atoms. The molecule has 0 radical (unpaired) electrons. The summed E-state index contributed by atoms with van der Waals surface area (Å²) < 4.78 is 5.84. The third-order valence-electron chi connectivity index (χ3n) is 3.37. The summed E-state index contributed by atoms with van der Waals surface area (Å²) in [4.78, 5) is 16.0. The van der Waals surface area contributed by atoms with Crippen LogP contribution in [0, 0.1) is 13.8 Å². The van der Waals surface area contributed by atoms with Crippen molar-refractivity contribution in [3.05, 3.63) is 64.7 Å². The number of ether oxygens (including phenoxy) is 1. The van der Waals surface area contributed by atoms with Gasteiger partial charge in [0.2, 0.25) is 0 Å². The number of hydrogen-bond donors (Lipinski definition) is 1. The fourth-order valence-corrected chi connectivity index (χ4v) is 2.29. The van der Waals surface area contributed by atoms with Gasteiger partial charge in [-0.3, -0.25) is 0 Å². The number of aliphatic carboxylic acids is 1. The number of carboxylic acids is 1. The quantitative estimate of drug-likeness (QED) is 0.656. The average molecular weight is 313 g/mol. The molecule has 2 aromatic rings. The molecular formula is C18H19NO4. The van der Waals surface area contributed by atoms with Gasteiger partial charge in [0.25, 0.3) is 0 Å². The zero-order valence-corrected chi connectivity index (χ0v) is 13.4. The molecule has 0 aliphatic heterocycles. The number of nitrogens with zero attached hydrogens (tertiary/aromatic N) is 1. The molecule has 0 heterocycles. The second-order valence-electron chi connectivity index (χ2n) is 5.14. The van der Waals surface area contributed by atoms with E-state index in [1.807, 2.05) is 44.2 Å². The molecule has 0 saturated carbocycles. The molecular weight excluding hydrogens is 294 g/mol. The lowest BCUT2D eigenvalue weighted by Crippen LogP contribution is -2.17. The molecule has 0 aliphatic rings. The minimum atomic E-state index is -1.15. The predicted octanol–water partition coefficient (Wildman–Crippen LogP) is 3.32. The lowest BCUT2D eigenvalue weighted by Gasteiger charge is -2.12. The van der Waals surface area contributed by atoms with Crippen LogP contribution >= 0.6 is 0 Å². The van der Waals surface area contributed by atoms with Crippen LogP contribution in [0.15, 0.2) is 47.6 Å². The Morgan fingerprint density at radius 3 is 2.57 bits per heavy atom. The van der Waals surface area contributed by atoms with Crippen molar-refractivity contribution in [2.75, 3.05) is 7.11 Å². The van der Waals surface area contributed by atoms with E-state index in [4.69, 9.17) is 4.74 Å². The maximum Gasteiger partial charge on any atom is 0.358 e. The van der Waals surface area contributed by atoms with Gasteiger partial charge in [0.15, 0.2) is 5.71 Å².